The summed E-state index contributed by atoms with van der Waals surface area (Å²) in [5.74, 6) is 0. The summed E-state index contributed by atoms with van der Waals surface area (Å²) in [6.45, 7) is 8.06. The van der Waals surface area contributed by atoms with Gasteiger partial charge in [0.2, 0.25) is 0 Å². The Bertz CT molecular complexity index is 274. The van der Waals surface area contributed by atoms with E-state index in [-0.39, 0.29) is 5.38 Å². The molecule has 0 amide bonds. The van der Waals surface area contributed by atoms with Crippen molar-refractivity contribution in [2.45, 2.75) is 32.7 Å². The van der Waals surface area contributed by atoms with Crippen LogP contribution in [0.15, 0.2) is 18.2 Å². The van der Waals surface area contributed by atoms with Crippen molar-refractivity contribution in [2.75, 3.05) is 6.54 Å². The van der Waals surface area contributed by atoms with E-state index in [4.69, 9.17) is 11.6 Å². The van der Waals surface area contributed by atoms with E-state index in [0.29, 0.717) is 0 Å². The van der Waals surface area contributed by atoms with Gasteiger partial charge in [0.1, 0.15) is 0 Å². The highest BCUT2D eigenvalue weighted by Crippen LogP contribution is 2.12. The Morgan fingerprint density at radius 3 is 2.36 bits per heavy atom. The molecule has 78 valence electrons. The summed E-state index contributed by atoms with van der Waals surface area (Å²) in [6, 6.07) is 6.39. The first-order chi connectivity index (χ1) is 6.61. The minimum absolute atomic E-state index is 0.194. The molecule has 14 heavy (non-hydrogen) atoms. The zero-order valence-electron chi connectivity index (χ0n) is 9.10. The third-order valence-electron chi connectivity index (χ3n) is 2.37. The molecule has 1 unspecified atom stereocenters. The molecule has 0 fully saturated rings. The van der Waals surface area contributed by atoms with Crippen molar-refractivity contribution in [2.24, 2.45) is 0 Å². The number of rotatable bonds is 4. The van der Waals surface area contributed by atoms with Crippen LogP contribution < -0.4 is 5.32 Å². The molecule has 0 heterocycles. The van der Waals surface area contributed by atoms with Gasteiger partial charge in [0.25, 0.3) is 0 Å². The number of halogens is 1. The Morgan fingerprint density at radius 2 is 1.86 bits per heavy atom. The number of hydrogen-bond acceptors (Lipinski definition) is 1. The standard InChI is InChI=1S/C12H18ClN/c1-9-5-4-6-10(2)12(9)8-14-7-11(3)13/h4-6,11,14H,7-8H2,1-3H3. The third-order valence-corrected chi connectivity index (χ3v) is 2.53. The zero-order valence-corrected chi connectivity index (χ0v) is 9.86. The van der Waals surface area contributed by atoms with Gasteiger partial charge < -0.3 is 5.32 Å². The SMILES string of the molecule is Cc1cccc(C)c1CNCC(C)Cl. The van der Waals surface area contributed by atoms with Crippen molar-refractivity contribution < 1.29 is 0 Å². The van der Waals surface area contributed by atoms with Crippen LogP contribution in [0.5, 0.6) is 0 Å². The van der Waals surface area contributed by atoms with E-state index >= 15 is 0 Å². The number of aryl methyl sites for hydroxylation is 2. The summed E-state index contributed by atoms with van der Waals surface area (Å²) < 4.78 is 0. The summed E-state index contributed by atoms with van der Waals surface area (Å²) in [5, 5.41) is 3.54. The van der Waals surface area contributed by atoms with Crippen LogP contribution in [-0.4, -0.2) is 11.9 Å². The Balaban J connectivity index is 2.58. The van der Waals surface area contributed by atoms with E-state index in [9.17, 15) is 0 Å². The fourth-order valence-electron chi connectivity index (χ4n) is 1.52. The molecule has 1 rings (SSSR count). The highest BCUT2D eigenvalue weighted by Gasteiger charge is 2.01. The van der Waals surface area contributed by atoms with Crippen molar-refractivity contribution >= 4 is 11.6 Å². The minimum atomic E-state index is 0.194. The molecular formula is C12H18ClN. The van der Waals surface area contributed by atoms with Crippen LogP contribution in [0.25, 0.3) is 0 Å². The Morgan fingerprint density at radius 1 is 1.29 bits per heavy atom. The molecule has 0 radical (unpaired) electrons. The molecule has 0 saturated carbocycles. The van der Waals surface area contributed by atoms with E-state index < -0.39 is 0 Å². The molecule has 1 N–H and O–H groups in total. The average Bonchev–Trinajstić information content (AvgIpc) is 2.09. The second-order valence-electron chi connectivity index (χ2n) is 3.78. The Hall–Kier alpha value is -0.530. The second-order valence-corrected chi connectivity index (χ2v) is 4.53. The fraction of sp³-hybridized carbons (Fsp3) is 0.500. The van der Waals surface area contributed by atoms with Crippen molar-refractivity contribution in [3.8, 4) is 0 Å². The molecule has 1 aromatic carbocycles. The average molecular weight is 212 g/mol. The lowest BCUT2D eigenvalue weighted by Gasteiger charge is -2.11. The van der Waals surface area contributed by atoms with Gasteiger partial charge in [0.15, 0.2) is 0 Å². The summed E-state index contributed by atoms with van der Waals surface area (Å²) in [6.07, 6.45) is 0. The lowest BCUT2D eigenvalue weighted by molar-refractivity contribution is 0.675. The summed E-state index contributed by atoms with van der Waals surface area (Å²) in [7, 11) is 0. The number of hydrogen-bond donors (Lipinski definition) is 1. The van der Waals surface area contributed by atoms with Gasteiger partial charge >= 0.3 is 0 Å². The smallest absolute Gasteiger partial charge is 0.0432 e. The van der Waals surface area contributed by atoms with Crippen molar-refractivity contribution in [1.29, 1.82) is 0 Å². The maximum Gasteiger partial charge on any atom is 0.0432 e. The summed E-state index contributed by atoms with van der Waals surface area (Å²) >= 11 is 5.86. The highest BCUT2D eigenvalue weighted by molar-refractivity contribution is 6.20. The van der Waals surface area contributed by atoms with Crippen LogP contribution in [0.2, 0.25) is 0 Å². The van der Waals surface area contributed by atoms with Crippen molar-refractivity contribution in [1.82, 2.24) is 5.32 Å². The van der Waals surface area contributed by atoms with Crippen molar-refractivity contribution in [3.63, 3.8) is 0 Å². The molecule has 0 spiro atoms. The predicted octanol–water partition coefficient (Wildman–Crippen LogP) is 3.02. The summed E-state index contributed by atoms with van der Waals surface area (Å²) in [4.78, 5) is 0. The highest BCUT2D eigenvalue weighted by atomic mass is 35.5. The fourth-order valence-corrected chi connectivity index (χ4v) is 1.63. The maximum absolute atomic E-state index is 5.86. The van der Waals surface area contributed by atoms with Crippen LogP contribution in [0.4, 0.5) is 0 Å². The van der Waals surface area contributed by atoms with Gasteiger partial charge in [0, 0.05) is 18.5 Å². The quantitative estimate of drug-likeness (QED) is 0.756. The molecule has 1 aromatic rings. The zero-order chi connectivity index (χ0) is 10.6. The van der Waals surface area contributed by atoms with E-state index in [1.165, 1.54) is 16.7 Å². The molecule has 2 heteroatoms. The largest absolute Gasteiger partial charge is 0.311 e. The number of alkyl halides is 1. The van der Waals surface area contributed by atoms with Crippen LogP contribution in [0, 0.1) is 13.8 Å². The van der Waals surface area contributed by atoms with E-state index in [0.717, 1.165) is 13.1 Å². The van der Waals surface area contributed by atoms with Gasteiger partial charge in [-0.15, -0.1) is 11.6 Å². The summed E-state index contributed by atoms with van der Waals surface area (Å²) in [5.41, 5.74) is 4.09. The van der Waals surface area contributed by atoms with Crippen LogP contribution in [0.3, 0.4) is 0 Å². The molecule has 0 bridgehead atoms. The molecule has 0 aromatic heterocycles. The molecule has 1 atom stereocenters. The first-order valence-corrected chi connectivity index (χ1v) is 5.44. The topological polar surface area (TPSA) is 12.0 Å². The molecule has 0 aliphatic rings. The normalized spacial score (nSPS) is 12.9. The molecule has 1 nitrogen and oxygen atoms in total. The molecular weight excluding hydrogens is 194 g/mol. The Labute approximate surface area is 91.5 Å². The van der Waals surface area contributed by atoms with Gasteiger partial charge in [-0.2, -0.15) is 0 Å². The van der Waals surface area contributed by atoms with Gasteiger partial charge in [-0.1, -0.05) is 18.2 Å². The van der Waals surface area contributed by atoms with E-state index in [1.54, 1.807) is 0 Å². The van der Waals surface area contributed by atoms with E-state index in [1.807, 2.05) is 6.92 Å². The van der Waals surface area contributed by atoms with Gasteiger partial charge in [-0.05, 0) is 37.5 Å². The molecule has 0 aliphatic carbocycles. The van der Waals surface area contributed by atoms with Crippen molar-refractivity contribution in [3.05, 3.63) is 34.9 Å². The first kappa shape index (κ1) is 11.5. The maximum atomic E-state index is 5.86. The predicted molar refractivity (Wildman–Crippen MR) is 62.9 cm³/mol. The lowest BCUT2D eigenvalue weighted by Crippen LogP contribution is -2.21. The Kier molecular flexibility index (Phi) is 4.43. The lowest BCUT2D eigenvalue weighted by atomic mass is 10.0. The van der Waals surface area contributed by atoms with Gasteiger partial charge in [0.05, 0.1) is 0 Å². The van der Waals surface area contributed by atoms with Crippen LogP contribution in [0.1, 0.15) is 23.6 Å². The van der Waals surface area contributed by atoms with Gasteiger partial charge in [-0.3, -0.25) is 0 Å². The third kappa shape index (κ3) is 3.32. The van der Waals surface area contributed by atoms with E-state index in [2.05, 4.69) is 37.4 Å². The van der Waals surface area contributed by atoms with Crippen LogP contribution in [-0.2, 0) is 6.54 Å². The molecule has 0 saturated heterocycles. The monoisotopic (exact) mass is 211 g/mol. The van der Waals surface area contributed by atoms with Crippen LogP contribution >= 0.6 is 11.6 Å². The minimum Gasteiger partial charge on any atom is -0.311 e. The second kappa shape index (κ2) is 5.38. The number of nitrogens with one attached hydrogen (secondary N) is 1. The first-order valence-electron chi connectivity index (χ1n) is 5.01. The number of benzene rings is 1. The van der Waals surface area contributed by atoms with Gasteiger partial charge in [-0.25, -0.2) is 0 Å². The molecule has 0 aliphatic heterocycles.